The third-order valence-corrected chi connectivity index (χ3v) is 6.03. The lowest BCUT2D eigenvalue weighted by molar-refractivity contribution is 0.0231. The highest BCUT2D eigenvalue weighted by atomic mass is 35.5. The molecule has 3 aromatic rings. The Kier molecular flexibility index (Phi) is 4.18. The van der Waals surface area contributed by atoms with Crippen molar-refractivity contribution >= 4 is 45.8 Å². The summed E-state index contributed by atoms with van der Waals surface area (Å²) in [5, 5.41) is 0.946. The van der Waals surface area contributed by atoms with Crippen LogP contribution in [0.5, 0.6) is 5.75 Å². The molecular formula is C21H17Cl2N3O2. The lowest BCUT2D eigenvalue weighted by Crippen LogP contribution is -2.51. The van der Waals surface area contributed by atoms with Crippen molar-refractivity contribution in [3.05, 3.63) is 58.2 Å². The van der Waals surface area contributed by atoms with E-state index >= 15 is 0 Å². The largest absolute Gasteiger partial charge is 0.486 e. The average Bonchev–Trinajstić information content (AvgIpc) is 2.69. The smallest absolute Gasteiger partial charge is 0.172 e. The van der Waals surface area contributed by atoms with E-state index in [4.69, 9.17) is 32.9 Å². The van der Waals surface area contributed by atoms with Gasteiger partial charge in [-0.15, -0.1) is 0 Å². The second kappa shape index (κ2) is 6.61. The Morgan fingerprint density at radius 1 is 1.00 bits per heavy atom. The molecule has 0 atom stereocenters. The van der Waals surface area contributed by atoms with Crippen LogP contribution in [-0.4, -0.2) is 34.4 Å². The molecule has 1 saturated heterocycles. The van der Waals surface area contributed by atoms with Gasteiger partial charge in [0.25, 0.3) is 0 Å². The molecule has 0 bridgehead atoms. The maximum Gasteiger partial charge on any atom is 0.172 e. The lowest BCUT2D eigenvalue weighted by atomic mass is 9.82. The van der Waals surface area contributed by atoms with Crippen LogP contribution < -0.4 is 9.64 Å². The van der Waals surface area contributed by atoms with Gasteiger partial charge >= 0.3 is 0 Å². The van der Waals surface area contributed by atoms with Crippen molar-refractivity contribution < 1.29 is 9.53 Å². The molecule has 1 spiro atoms. The van der Waals surface area contributed by atoms with Crippen LogP contribution in [0.4, 0.5) is 5.82 Å². The van der Waals surface area contributed by atoms with Crippen molar-refractivity contribution in [1.29, 1.82) is 0 Å². The van der Waals surface area contributed by atoms with Crippen molar-refractivity contribution in [2.24, 2.45) is 0 Å². The number of Topliss-reactive ketones (excluding diaryl/α,β-unsaturated/α-hetero) is 1. The van der Waals surface area contributed by atoms with E-state index in [1.807, 2.05) is 24.3 Å². The van der Waals surface area contributed by atoms with Crippen LogP contribution >= 0.6 is 23.2 Å². The number of halogens is 2. The summed E-state index contributed by atoms with van der Waals surface area (Å²) in [6, 6.07) is 12.9. The Balaban J connectivity index is 1.39. The third-order valence-electron chi connectivity index (χ3n) is 5.54. The summed E-state index contributed by atoms with van der Waals surface area (Å²) >= 11 is 12.4. The molecule has 5 nitrogen and oxygen atoms in total. The summed E-state index contributed by atoms with van der Waals surface area (Å²) in [6.45, 7) is 1.39. The van der Waals surface area contributed by atoms with E-state index in [0.29, 0.717) is 59.7 Å². The summed E-state index contributed by atoms with van der Waals surface area (Å²) in [7, 11) is 0. The van der Waals surface area contributed by atoms with E-state index in [1.165, 1.54) is 0 Å². The Bertz CT molecular complexity index is 1090. The van der Waals surface area contributed by atoms with Gasteiger partial charge < -0.3 is 9.64 Å². The van der Waals surface area contributed by atoms with Gasteiger partial charge in [-0.1, -0.05) is 35.3 Å². The van der Waals surface area contributed by atoms with Gasteiger partial charge in [-0.25, -0.2) is 9.97 Å². The van der Waals surface area contributed by atoms with Crippen LogP contribution in [0.2, 0.25) is 10.2 Å². The maximum absolute atomic E-state index is 12.7. The Hall–Kier alpha value is -2.37. The fraction of sp³-hybridized carbons (Fsp3) is 0.286. The van der Waals surface area contributed by atoms with E-state index in [1.54, 1.807) is 18.2 Å². The van der Waals surface area contributed by atoms with Crippen molar-refractivity contribution in [2.75, 3.05) is 18.0 Å². The second-order valence-electron chi connectivity index (χ2n) is 7.34. The van der Waals surface area contributed by atoms with E-state index in [9.17, 15) is 4.79 Å². The predicted molar refractivity (Wildman–Crippen MR) is 110 cm³/mol. The minimum absolute atomic E-state index is 0.0840. The van der Waals surface area contributed by atoms with E-state index in [2.05, 4.69) is 9.88 Å². The molecule has 0 radical (unpaired) electrons. The summed E-state index contributed by atoms with van der Waals surface area (Å²) in [5.41, 5.74) is 1.69. The number of aromatic nitrogens is 2. The SMILES string of the molecule is O=C1CC2(CCN(c3nc4ccccc4nc3Cl)CC2)Oc2ccc(Cl)cc21. The molecule has 0 unspecified atom stereocenters. The maximum atomic E-state index is 12.7. The highest BCUT2D eigenvalue weighted by molar-refractivity contribution is 6.32. The quantitative estimate of drug-likeness (QED) is 0.565. The number of piperidine rings is 1. The molecule has 2 aromatic carbocycles. The zero-order valence-electron chi connectivity index (χ0n) is 15.0. The van der Waals surface area contributed by atoms with Crippen molar-refractivity contribution in [2.45, 2.75) is 24.9 Å². The molecular weight excluding hydrogens is 397 g/mol. The van der Waals surface area contributed by atoms with Crippen molar-refractivity contribution in [3.63, 3.8) is 0 Å². The van der Waals surface area contributed by atoms with Crippen molar-refractivity contribution in [1.82, 2.24) is 9.97 Å². The fourth-order valence-electron chi connectivity index (χ4n) is 4.04. The molecule has 142 valence electrons. The first-order valence-electron chi connectivity index (χ1n) is 9.22. The van der Waals surface area contributed by atoms with Gasteiger partial charge in [0.2, 0.25) is 0 Å². The van der Waals surface area contributed by atoms with Gasteiger partial charge in [0, 0.05) is 31.0 Å². The lowest BCUT2D eigenvalue weighted by Gasteiger charge is -2.44. The molecule has 5 rings (SSSR count). The molecule has 7 heteroatoms. The predicted octanol–water partition coefficient (Wildman–Crippen LogP) is 4.94. The fourth-order valence-corrected chi connectivity index (χ4v) is 4.47. The molecule has 1 aromatic heterocycles. The van der Waals surface area contributed by atoms with E-state index < -0.39 is 5.60 Å². The monoisotopic (exact) mass is 413 g/mol. The molecule has 0 aliphatic carbocycles. The highest BCUT2D eigenvalue weighted by Crippen LogP contribution is 2.41. The number of rotatable bonds is 1. The summed E-state index contributed by atoms with van der Waals surface area (Å²) in [5.74, 6) is 1.39. The van der Waals surface area contributed by atoms with Gasteiger partial charge in [-0.3, -0.25) is 4.79 Å². The average molecular weight is 414 g/mol. The number of ketones is 1. The summed E-state index contributed by atoms with van der Waals surface area (Å²) in [6.07, 6.45) is 1.79. The molecule has 0 N–H and O–H groups in total. The second-order valence-corrected chi connectivity index (χ2v) is 8.13. The number of hydrogen-bond acceptors (Lipinski definition) is 5. The number of fused-ring (bicyclic) bond motifs is 2. The number of benzene rings is 2. The molecule has 2 aliphatic rings. The topological polar surface area (TPSA) is 55.3 Å². The number of para-hydroxylation sites is 2. The molecule has 2 aliphatic heterocycles. The summed E-state index contributed by atoms with van der Waals surface area (Å²) < 4.78 is 6.30. The number of carbonyl (C=O) groups is 1. The highest BCUT2D eigenvalue weighted by Gasteiger charge is 2.43. The van der Waals surface area contributed by atoms with Gasteiger partial charge in [-0.05, 0) is 30.3 Å². The standard InChI is InChI=1S/C21H17Cl2N3O2/c22-13-5-6-18-14(11-13)17(27)12-21(28-18)7-9-26(10-8-21)20-19(23)24-15-3-1-2-4-16(15)25-20/h1-6,11H,7-10,12H2. The number of anilines is 1. The molecule has 0 saturated carbocycles. The minimum Gasteiger partial charge on any atom is -0.486 e. The Morgan fingerprint density at radius 3 is 2.46 bits per heavy atom. The molecule has 0 amide bonds. The van der Waals surface area contributed by atoms with Crippen molar-refractivity contribution in [3.8, 4) is 5.75 Å². The Morgan fingerprint density at radius 2 is 1.71 bits per heavy atom. The zero-order valence-corrected chi connectivity index (χ0v) is 16.5. The van der Waals surface area contributed by atoms with E-state index in [0.717, 1.165) is 11.0 Å². The zero-order chi connectivity index (χ0) is 19.3. The van der Waals surface area contributed by atoms with Crippen LogP contribution in [0.25, 0.3) is 11.0 Å². The summed E-state index contributed by atoms with van der Waals surface area (Å²) in [4.78, 5) is 24.0. The van der Waals surface area contributed by atoms with Crippen LogP contribution in [0.1, 0.15) is 29.6 Å². The first kappa shape index (κ1) is 17.7. The molecule has 3 heterocycles. The van der Waals surface area contributed by atoms with Crippen LogP contribution in [0.3, 0.4) is 0 Å². The minimum atomic E-state index is -0.481. The molecule has 28 heavy (non-hydrogen) atoms. The van der Waals surface area contributed by atoms with Gasteiger partial charge in [0.1, 0.15) is 11.4 Å². The Labute approximate surface area is 172 Å². The van der Waals surface area contributed by atoms with Gasteiger partial charge in [0.15, 0.2) is 16.8 Å². The number of carbonyl (C=O) groups excluding carboxylic acids is 1. The van der Waals surface area contributed by atoms with Gasteiger partial charge in [-0.2, -0.15) is 0 Å². The van der Waals surface area contributed by atoms with Gasteiger partial charge in [0.05, 0.1) is 23.0 Å². The van der Waals surface area contributed by atoms with Crippen LogP contribution in [0.15, 0.2) is 42.5 Å². The number of hydrogen-bond donors (Lipinski definition) is 0. The first-order valence-corrected chi connectivity index (χ1v) is 9.98. The van der Waals surface area contributed by atoms with Crippen LogP contribution in [0, 0.1) is 0 Å². The molecule has 1 fully saturated rings. The van der Waals surface area contributed by atoms with Crippen LogP contribution in [-0.2, 0) is 0 Å². The normalized spacial score (nSPS) is 18.2. The number of nitrogens with zero attached hydrogens (tertiary/aromatic N) is 3. The first-order chi connectivity index (χ1) is 13.5. The third kappa shape index (κ3) is 2.99. The number of ether oxygens (including phenoxy) is 1. The van der Waals surface area contributed by atoms with E-state index in [-0.39, 0.29) is 5.78 Å².